The van der Waals surface area contributed by atoms with E-state index in [4.69, 9.17) is 21.7 Å². The minimum atomic E-state index is -0.257. The van der Waals surface area contributed by atoms with Crippen LogP contribution in [0.3, 0.4) is 0 Å². The van der Waals surface area contributed by atoms with Gasteiger partial charge in [-0.2, -0.15) is 29.8 Å². The SMILES string of the molecule is CCCCc1nn(-c2cc(-n3nc(CCCC)c(/N=N/c4c(C(=O)N(C)C)cnn4C)c3N)ncn2)c(N)c1/N=N/c1c(C(=O)N(C)C)cnn1C. The average Bonchev–Trinajstić information content (AvgIpc) is 3.86. The first-order valence-electron chi connectivity index (χ1n) is 16.8. The summed E-state index contributed by atoms with van der Waals surface area (Å²) in [5, 5.41) is 35.6. The largest absolute Gasteiger partial charge is 0.382 e. The topological polar surface area (TPSA) is 239 Å². The van der Waals surface area contributed by atoms with E-state index in [-0.39, 0.29) is 35.1 Å². The maximum absolute atomic E-state index is 12.7. The lowest BCUT2D eigenvalue weighted by Gasteiger charge is -2.08. The molecular formula is C32H44N18O2. The van der Waals surface area contributed by atoms with Crippen molar-refractivity contribution in [1.29, 1.82) is 0 Å². The smallest absolute Gasteiger partial charge is 0.258 e. The van der Waals surface area contributed by atoms with E-state index in [9.17, 15) is 9.59 Å². The van der Waals surface area contributed by atoms with Crippen LogP contribution in [0, 0.1) is 0 Å². The Kier molecular flexibility index (Phi) is 11.1. The van der Waals surface area contributed by atoms with Gasteiger partial charge in [-0.1, -0.05) is 26.7 Å². The summed E-state index contributed by atoms with van der Waals surface area (Å²) in [5.41, 5.74) is 15.8. The van der Waals surface area contributed by atoms with E-state index in [1.165, 1.54) is 47.2 Å². The molecule has 0 aliphatic carbocycles. The maximum atomic E-state index is 12.7. The molecule has 2 amide bonds. The van der Waals surface area contributed by atoms with E-state index in [1.807, 2.05) is 0 Å². The second-order valence-corrected chi connectivity index (χ2v) is 12.4. The third kappa shape index (κ3) is 7.39. The molecular weight excluding hydrogens is 668 g/mol. The molecule has 0 radical (unpaired) electrons. The molecule has 0 saturated carbocycles. The number of rotatable bonds is 14. The van der Waals surface area contributed by atoms with Crippen molar-refractivity contribution in [3.63, 3.8) is 0 Å². The molecule has 0 fully saturated rings. The van der Waals surface area contributed by atoms with Gasteiger partial charge in [0.25, 0.3) is 11.8 Å². The number of nitrogen functional groups attached to an aromatic ring is 2. The zero-order valence-electron chi connectivity index (χ0n) is 30.7. The Hall–Kier alpha value is -6.34. The minimum Gasteiger partial charge on any atom is -0.382 e. The summed E-state index contributed by atoms with van der Waals surface area (Å²) in [7, 11) is 9.96. The van der Waals surface area contributed by atoms with Crippen LogP contribution in [0.5, 0.6) is 0 Å². The van der Waals surface area contributed by atoms with Gasteiger partial charge < -0.3 is 21.3 Å². The van der Waals surface area contributed by atoms with Gasteiger partial charge >= 0.3 is 0 Å². The number of nitrogens with zero attached hydrogens (tertiary/aromatic N) is 16. The maximum Gasteiger partial charge on any atom is 0.258 e. The average molecular weight is 713 g/mol. The van der Waals surface area contributed by atoms with Crippen LogP contribution in [0.2, 0.25) is 0 Å². The molecule has 52 heavy (non-hydrogen) atoms. The number of nitrogens with two attached hydrogens (primary N) is 2. The lowest BCUT2D eigenvalue weighted by Crippen LogP contribution is -2.21. The number of unbranched alkanes of at least 4 members (excludes halogenated alkanes) is 2. The third-order valence-electron chi connectivity index (χ3n) is 8.11. The van der Waals surface area contributed by atoms with E-state index in [2.05, 4.69) is 54.5 Å². The fourth-order valence-corrected chi connectivity index (χ4v) is 5.18. The van der Waals surface area contributed by atoms with Crippen molar-refractivity contribution in [3.8, 4) is 11.6 Å². The Morgan fingerprint density at radius 2 is 1.10 bits per heavy atom. The van der Waals surface area contributed by atoms with Gasteiger partial charge in [0, 0.05) is 48.4 Å². The predicted molar refractivity (Wildman–Crippen MR) is 193 cm³/mol. The fraction of sp³-hybridized carbons (Fsp3) is 0.438. The van der Waals surface area contributed by atoms with Gasteiger partial charge in [0.2, 0.25) is 0 Å². The van der Waals surface area contributed by atoms with Gasteiger partial charge in [-0.3, -0.25) is 9.59 Å². The Morgan fingerprint density at radius 3 is 1.46 bits per heavy atom. The van der Waals surface area contributed by atoms with Crippen molar-refractivity contribution in [2.24, 2.45) is 34.6 Å². The molecule has 5 aromatic heterocycles. The first-order valence-corrected chi connectivity index (χ1v) is 16.8. The van der Waals surface area contributed by atoms with Crippen molar-refractivity contribution in [3.05, 3.63) is 47.3 Å². The van der Waals surface area contributed by atoms with Gasteiger partial charge in [-0.05, 0) is 25.7 Å². The van der Waals surface area contributed by atoms with Crippen molar-refractivity contribution in [2.45, 2.75) is 52.4 Å². The zero-order chi connectivity index (χ0) is 37.7. The number of anilines is 2. The standard InChI is InChI=1S/C32H44N18O2/c1-9-11-13-21-25(39-41-29-19(16-37-47(29)7)31(51)45(3)4)27(33)49(43-21)23-15-24(36-18-35-23)50-28(34)26(22(44-50)14-12-10-2)40-42-30-20(17-38-48(30)8)32(52)46(5)6/h15-18H,9-14,33-34H2,1-8H3/b41-39+,42-40+. The highest BCUT2D eigenvalue weighted by Gasteiger charge is 2.23. The summed E-state index contributed by atoms with van der Waals surface area (Å²) in [6.45, 7) is 4.14. The van der Waals surface area contributed by atoms with Crippen LogP contribution in [0.15, 0.2) is 45.2 Å². The third-order valence-corrected chi connectivity index (χ3v) is 8.11. The Morgan fingerprint density at radius 1 is 0.692 bits per heavy atom. The van der Waals surface area contributed by atoms with Gasteiger partial charge in [-0.15, -0.1) is 20.5 Å². The lowest BCUT2D eigenvalue weighted by atomic mass is 10.2. The molecule has 0 unspecified atom stereocenters. The highest BCUT2D eigenvalue weighted by Crippen LogP contribution is 2.35. The number of carbonyl (C=O) groups is 2. The predicted octanol–water partition coefficient (Wildman–Crippen LogP) is 4.40. The first kappa shape index (κ1) is 36.9. The van der Waals surface area contributed by atoms with Crippen LogP contribution >= 0.6 is 0 Å². The number of aromatic nitrogens is 10. The van der Waals surface area contributed by atoms with Crippen LogP contribution < -0.4 is 11.5 Å². The number of carbonyl (C=O) groups excluding carboxylic acids is 2. The van der Waals surface area contributed by atoms with Crippen LogP contribution in [0.4, 0.5) is 34.6 Å². The van der Waals surface area contributed by atoms with Gasteiger partial charge in [0.1, 0.15) is 17.5 Å². The molecule has 0 bridgehead atoms. The Bertz CT molecular complexity index is 1980. The van der Waals surface area contributed by atoms with Crippen LogP contribution in [-0.2, 0) is 26.9 Å². The van der Waals surface area contributed by atoms with Gasteiger partial charge in [-0.25, -0.2) is 19.3 Å². The van der Waals surface area contributed by atoms with Gasteiger partial charge in [0.05, 0.1) is 23.8 Å². The highest BCUT2D eigenvalue weighted by atomic mass is 16.2. The quantitative estimate of drug-likeness (QED) is 0.154. The molecule has 5 rings (SSSR count). The number of hydrogen-bond acceptors (Lipinski definition) is 14. The fourth-order valence-electron chi connectivity index (χ4n) is 5.18. The van der Waals surface area contributed by atoms with Gasteiger partial charge in [0.15, 0.2) is 46.3 Å². The molecule has 0 aliphatic rings. The molecule has 20 heteroatoms. The lowest BCUT2D eigenvalue weighted by molar-refractivity contribution is 0.0821. The Labute approximate surface area is 300 Å². The number of aryl methyl sites for hydroxylation is 4. The van der Waals surface area contributed by atoms with Crippen LogP contribution in [-0.4, -0.2) is 98.9 Å². The summed E-state index contributed by atoms with van der Waals surface area (Å²) in [4.78, 5) is 37.2. The molecule has 0 atom stereocenters. The second-order valence-electron chi connectivity index (χ2n) is 12.4. The highest BCUT2D eigenvalue weighted by molar-refractivity contribution is 5.98. The normalized spacial score (nSPS) is 11.7. The Balaban J connectivity index is 1.55. The summed E-state index contributed by atoms with van der Waals surface area (Å²) < 4.78 is 5.87. The van der Waals surface area contributed by atoms with Crippen LogP contribution in [0.1, 0.15) is 71.6 Å². The molecule has 0 aliphatic heterocycles. The van der Waals surface area contributed by atoms with E-state index in [1.54, 1.807) is 48.4 Å². The summed E-state index contributed by atoms with van der Waals surface area (Å²) in [6.07, 6.45) is 8.90. The first-order chi connectivity index (χ1) is 24.9. The van der Waals surface area contributed by atoms with E-state index in [0.717, 1.165) is 25.7 Å². The summed E-state index contributed by atoms with van der Waals surface area (Å²) in [5.74, 6) is 1.09. The van der Waals surface area contributed by atoms with Crippen molar-refractivity contribution in [1.82, 2.24) is 58.9 Å². The monoisotopic (exact) mass is 712 g/mol. The number of hydrogen-bond donors (Lipinski definition) is 2. The molecule has 0 spiro atoms. The number of azo groups is 2. The molecule has 5 aromatic rings. The van der Waals surface area contributed by atoms with E-state index in [0.29, 0.717) is 58.4 Å². The van der Waals surface area contributed by atoms with E-state index < -0.39 is 0 Å². The van der Waals surface area contributed by atoms with E-state index >= 15 is 0 Å². The molecule has 20 nitrogen and oxygen atoms in total. The van der Waals surface area contributed by atoms with Crippen molar-refractivity contribution >= 4 is 46.5 Å². The molecule has 274 valence electrons. The second kappa shape index (κ2) is 15.7. The molecule has 0 aromatic carbocycles. The molecule has 0 saturated heterocycles. The van der Waals surface area contributed by atoms with Crippen LogP contribution in [0.25, 0.3) is 11.6 Å². The summed E-state index contributed by atoms with van der Waals surface area (Å²) >= 11 is 0. The molecule has 5 heterocycles. The van der Waals surface area contributed by atoms with Crippen molar-refractivity contribution in [2.75, 3.05) is 39.7 Å². The summed E-state index contributed by atoms with van der Waals surface area (Å²) in [6, 6.07) is 1.64. The number of amides is 2. The minimum absolute atomic E-state index is 0.188. The van der Waals surface area contributed by atoms with Crippen molar-refractivity contribution < 1.29 is 9.59 Å². The zero-order valence-corrected chi connectivity index (χ0v) is 30.7. The molecule has 4 N–H and O–H groups in total.